The van der Waals surface area contributed by atoms with Gasteiger partial charge < -0.3 is 19.5 Å². The normalized spacial score (nSPS) is 14.8. The summed E-state index contributed by atoms with van der Waals surface area (Å²) < 4.78 is 25.1. The van der Waals surface area contributed by atoms with Gasteiger partial charge in [-0.15, -0.1) is 0 Å². The molecule has 0 unspecified atom stereocenters. The molecule has 0 spiro atoms. The zero-order valence-corrected chi connectivity index (χ0v) is 12.8. The third-order valence-corrected chi connectivity index (χ3v) is 3.77. The maximum atomic E-state index is 14.4. The Kier molecular flexibility index (Phi) is 4.68. The van der Waals surface area contributed by atoms with Gasteiger partial charge in [-0.1, -0.05) is 18.2 Å². The Morgan fingerprint density at radius 1 is 1.30 bits per heavy atom. The molecule has 6 nitrogen and oxygen atoms in total. The fraction of sp³-hybridized carbons (Fsp3) is 0.375. The van der Waals surface area contributed by atoms with E-state index in [1.165, 1.54) is 13.2 Å². The average Bonchev–Trinajstić information content (AvgIpc) is 2.62. The number of anilines is 1. The average molecular weight is 319 g/mol. The van der Waals surface area contributed by atoms with E-state index in [2.05, 4.69) is 9.97 Å². The van der Waals surface area contributed by atoms with Crippen molar-refractivity contribution in [2.24, 2.45) is 0 Å². The van der Waals surface area contributed by atoms with Gasteiger partial charge in [-0.3, -0.25) is 0 Å². The highest BCUT2D eigenvalue weighted by molar-refractivity contribution is 5.70. The lowest BCUT2D eigenvalue weighted by molar-refractivity contribution is 0.122. The minimum absolute atomic E-state index is 0.224. The molecule has 1 N–H and O–H groups in total. The Balaban J connectivity index is 2.00. The Morgan fingerprint density at radius 2 is 2.09 bits per heavy atom. The highest BCUT2D eigenvalue weighted by Gasteiger charge is 2.19. The van der Waals surface area contributed by atoms with Crippen LogP contribution in [-0.4, -0.2) is 48.5 Å². The molecule has 0 aliphatic carbocycles. The standard InChI is InChI=1S/C16H18FN3O3/c1-22-15-13(12-4-2-3-11(10-21)14(12)17)9-18-16(19-15)20-5-7-23-8-6-20/h2-4,9,21H,5-8,10H2,1H3. The van der Waals surface area contributed by atoms with Gasteiger partial charge in [0.25, 0.3) is 0 Å². The number of benzene rings is 1. The summed E-state index contributed by atoms with van der Waals surface area (Å²) in [6, 6.07) is 4.83. The molecule has 1 aliphatic rings. The van der Waals surface area contributed by atoms with E-state index >= 15 is 0 Å². The first-order valence-corrected chi connectivity index (χ1v) is 7.37. The molecule has 1 saturated heterocycles. The van der Waals surface area contributed by atoms with Crippen LogP contribution in [-0.2, 0) is 11.3 Å². The SMILES string of the molecule is COc1nc(N2CCOCC2)ncc1-c1cccc(CO)c1F. The fourth-order valence-electron chi connectivity index (χ4n) is 2.52. The van der Waals surface area contributed by atoms with Crippen LogP contribution in [0.2, 0.25) is 0 Å². The number of morpholine rings is 1. The minimum Gasteiger partial charge on any atom is -0.480 e. The van der Waals surface area contributed by atoms with Crippen molar-refractivity contribution in [3.05, 3.63) is 35.8 Å². The van der Waals surface area contributed by atoms with Crippen molar-refractivity contribution in [3.8, 4) is 17.0 Å². The predicted octanol–water partition coefficient (Wildman–Crippen LogP) is 1.62. The summed E-state index contributed by atoms with van der Waals surface area (Å²) in [5, 5.41) is 9.21. The molecule has 1 aromatic heterocycles. The van der Waals surface area contributed by atoms with Gasteiger partial charge in [-0.25, -0.2) is 9.37 Å². The quantitative estimate of drug-likeness (QED) is 0.924. The summed E-state index contributed by atoms with van der Waals surface area (Å²) in [5.41, 5.74) is 0.987. The van der Waals surface area contributed by atoms with E-state index in [1.54, 1.807) is 18.3 Å². The highest BCUT2D eigenvalue weighted by atomic mass is 19.1. The summed E-state index contributed by atoms with van der Waals surface area (Å²) in [4.78, 5) is 10.7. The number of hydrogen-bond donors (Lipinski definition) is 1. The van der Waals surface area contributed by atoms with Gasteiger partial charge in [-0.2, -0.15) is 4.98 Å². The molecule has 2 aromatic rings. The van der Waals surface area contributed by atoms with E-state index in [4.69, 9.17) is 9.47 Å². The number of aliphatic hydroxyl groups excluding tert-OH is 1. The number of aliphatic hydroxyl groups is 1. The van der Waals surface area contributed by atoms with E-state index in [1.807, 2.05) is 4.90 Å². The first-order valence-electron chi connectivity index (χ1n) is 7.37. The van der Waals surface area contributed by atoms with Crippen LogP contribution in [0.4, 0.5) is 10.3 Å². The first-order chi connectivity index (χ1) is 11.2. The van der Waals surface area contributed by atoms with Crippen LogP contribution in [0.3, 0.4) is 0 Å². The molecule has 3 rings (SSSR count). The highest BCUT2D eigenvalue weighted by Crippen LogP contribution is 2.32. The van der Waals surface area contributed by atoms with Crippen molar-refractivity contribution in [2.45, 2.75) is 6.61 Å². The van der Waals surface area contributed by atoms with Crippen LogP contribution in [0.5, 0.6) is 5.88 Å². The van der Waals surface area contributed by atoms with Crippen molar-refractivity contribution < 1.29 is 19.0 Å². The summed E-state index contributed by atoms with van der Waals surface area (Å²) in [6.07, 6.45) is 1.55. The van der Waals surface area contributed by atoms with E-state index in [-0.39, 0.29) is 12.2 Å². The topological polar surface area (TPSA) is 67.7 Å². The monoisotopic (exact) mass is 319 g/mol. The lowest BCUT2D eigenvalue weighted by Crippen LogP contribution is -2.37. The van der Waals surface area contributed by atoms with Gasteiger partial charge in [0, 0.05) is 30.4 Å². The van der Waals surface area contributed by atoms with E-state index < -0.39 is 5.82 Å². The molecule has 0 saturated carbocycles. The molecule has 23 heavy (non-hydrogen) atoms. The lowest BCUT2D eigenvalue weighted by Gasteiger charge is -2.27. The molecule has 1 aromatic carbocycles. The number of rotatable bonds is 4. The van der Waals surface area contributed by atoms with Crippen molar-refractivity contribution >= 4 is 5.95 Å². The van der Waals surface area contributed by atoms with Crippen molar-refractivity contribution in [3.63, 3.8) is 0 Å². The molecular formula is C16H18FN3O3. The number of aromatic nitrogens is 2. The number of hydrogen-bond acceptors (Lipinski definition) is 6. The molecular weight excluding hydrogens is 301 g/mol. The zero-order chi connectivity index (χ0) is 16.2. The van der Waals surface area contributed by atoms with Gasteiger partial charge in [0.15, 0.2) is 0 Å². The van der Waals surface area contributed by atoms with Crippen molar-refractivity contribution in [1.29, 1.82) is 0 Å². The summed E-state index contributed by atoms with van der Waals surface area (Å²) in [7, 11) is 1.49. The number of nitrogens with zero attached hydrogens (tertiary/aromatic N) is 3. The number of methoxy groups -OCH3 is 1. The third kappa shape index (κ3) is 3.11. The number of ether oxygens (including phenoxy) is 2. The maximum absolute atomic E-state index is 14.4. The Morgan fingerprint density at radius 3 is 2.78 bits per heavy atom. The summed E-state index contributed by atoms with van der Waals surface area (Å²) in [6.45, 7) is 2.30. The van der Waals surface area contributed by atoms with E-state index in [0.29, 0.717) is 49.3 Å². The molecule has 0 atom stereocenters. The van der Waals surface area contributed by atoms with Crippen LogP contribution in [0.15, 0.2) is 24.4 Å². The molecule has 1 aliphatic heterocycles. The van der Waals surface area contributed by atoms with Crippen LogP contribution in [0.1, 0.15) is 5.56 Å². The van der Waals surface area contributed by atoms with Gasteiger partial charge in [0.2, 0.25) is 11.8 Å². The van der Waals surface area contributed by atoms with Gasteiger partial charge in [0.05, 0.1) is 32.5 Å². The van der Waals surface area contributed by atoms with E-state index in [0.717, 1.165) is 0 Å². The molecule has 0 bridgehead atoms. The second-order valence-corrected chi connectivity index (χ2v) is 5.13. The van der Waals surface area contributed by atoms with Gasteiger partial charge in [0.1, 0.15) is 5.82 Å². The maximum Gasteiger partial charge on any atom is 0.228 e. The van der Waals surface area contributed by atoms with Crippen molar-refractivity contribution in [2.75, 3.05) is 38.3 Å². The molecule has 0 radical (unpaired) electrons. The lowest BCUT2D eigenvalue weighted by atomic mass is 10.0. The Bertz CT molecular complexity index is 690. The van der Waals surface area contributed by atoms with Crippen molar-refractivity contribution in [1.82, 2.24) is 9.97 Å². The molecule has 122 valence electrons. The van der Waals surface area contributed by atoms with Gasteiger partial charge in [-0.05, 0) is 0 Å². The second-order valence-electron chi connectivity index (χ2n) is 5.13. The third-order valence-electron chi connectivity index (χ3n) is 3.77. The van der Waals surface area contributed by atoms with Crippen LogP contribution in [0.25, 0.3) is 11.1 Å². The smallest absolute Gasteiger partial charge is 0.228 e. The molecule has 7 heteroatoms. The molecule has 2 heterocycles. The fourth-order valence-corrected chi connectivity index (χ4v) is 2.52. The molecule has 0 amide bonds. The molecule has 1 fully saturated rings. The second kappa shape index (κ2) is 6.89. The first kappa shape index (κ1) is 15.6. The number of halogens is 1. The van der Waals surface area contributed by atoms with E-state index in [9.17, 15) is 9.50 Å². The van der Waals surface area contributed by atoms with Crippen LogP contribution < -0.4 is 9.64 Å². The summed E-state index contributed by atoms with van der Waals surface area (Å²) in [5.74, 6) is 0.346. The van der Waals surface area contributed by atoms with Crippen LogP contribution in [0, 0.1) is 5.82 Å². The Hall–Kier alpha value is -2.25. The summed E-state index contributed by atoms with van der Waals surface area (Å²) >= 11 is 0. The predicted molar refractivity (Wildman–Crippen MR) is 82.9 cm³/mol. The van der Waals surface area contributed by atoms with Gasteiger partial charge >= 0.3 is 0 Å². The zero-order valence-electron chi connectivity index (χ0n) is 12.8. The Labute approximate surface area is 133 Å². The van der Waals surface area contributed by atoms with Crippen LogP contribution >= 0.6 is 0 Å². The minimum atomic E-state index is -0.490. The largest absolute Gasteiger partial charge is 0.480 e.